The molecule has 1 aliphatic carbocycles. The van der Waals surface area contributed by atoms with Crippen molar-refractivity contribution < 1.29 is 0 Å². The van der Waals surface area contributed by atoms with E-state index < -0.39 is 5.41 Å². The minimum Gasteiger partial charge on any atom is -0.255 e. The molecule has 53 heavy (non-hydrogen) atoms. The maximum Gasteiger partial charge on any atom is 0.0900 e. The van der Waals surface area contributed by atoms with Crippen molar-refractivity contribution in [3.05, 3.63) is 223 Å². The summed E-state index contributed by atoms with van der Waals surface area (Å²) < 4.78 is 0. The van der Waals surface area contributed by atoms with Crippen molar-refractivity contribution in [2.45, 2.75) is 5.41 Å². The normalized spacial score (nSPS) is 12.7. The predicted octanol–water partition coefficient (Wildman–Crippen LogP) is 12.1. The Bertz CT molecular complexity index is 2660. The van der Waals surface area contributed by atoms with Crippen molar-refractivity contribution in [2.75, 3.05) is 0 Å². The molecule has 10 rings (SSSR count). The molecule has 3 aromatic heterocycles. The van der Waals surface area contributed by atoms with Crippen molar-refractivity contribution in [2.24, 2.45) is 0 Å². The molecule has 0 atom stereocenters. The number of rotatable bonds is 6. The molecule has 0 amide bonds. The van der Waals surface area contributed by atoms with Crippen LogP contribution in [0.3, 0.4) is 0 Å². The van der Waals surface area contributed by atoms with Crippen molar-refractivity contribution >= 4 is 10.8 Å². The van der Waals surface area contributed by atoms with Crippen LogP contribution in [0.4, 0.5) is 0 Å². The van der Waals surface area contributed by atoms with E-state index in [0.29, 0.717) is 0 Å². The summed E-state index contributed by atoms with van der Waals surface area (Å²) in [7, 11) is 0. The standard InChI is InChI=1S/C50H33N3/c1-3-15-36(16-4-1)50(37-17-5-2-6-18-37)44-22-10-9-21-42(44)43-26-25-34(31-45(43)50)38-27-28-39(41-20-8-7-19-40(38)41)35-32-48(46-23-11-13-29-51-46)53-49(33-35)47-24-12-14-30-52-47/h1-33H. The topological polar surface area (TPSA) is 38.7 Å². The second-order valence-electron chi connectivity index (χ2n) is 13.6. The molecule has 0 saturated carbocycles. The van der Waals surface area contributed by atoms with E-state index in [1.807, 2.05) is 48.8 Å². The highest BCUT2D eigenvalue weighted by molar-refractivity contribution is 6.06. The lowest BCUT2D eigenvalue weighted by Gasteiger charge is -2.34. The number of nitrogens with zero attached hydrogens (tertiary/aromatic N) is 3. The number of hydrogen-bond donors (Lipinski definition) is 0. The fourth-order valence-electron chi connectivity index (χ4n) is 8.39. The lowest BCUT2D eigenvalue weighted by atomic mass is 9.67. The van der Waals surface area contributed by atoms with Crippen LogP contribution in [0.25, 0.3) is 66.9 Å². The minimum atomic E-state index is -0.457. The number of hydrogen-bond acceptors (Lipinski definition) is 3. The molecule has 0 N–H and O–H groups in total. The predicted molar refractivity (Wildman–Crippen MR) is 216 cm³/mol. The van der Waals surface area contributed by atoms with Gasteiger partial charge in [-0.25, -0.2) is 4.98 Å². The van der Waals surface area contributed by atoms with Crippen LogP contribution < -0.4 is 0 Å². The van der Waals surface area contributed by atoms with Gasteiger partial charge < -0.3 is 0 Å². The first-order chi connectivity index (χ1) is 26.3. The zero-order valence-corrected chi connectivity index (χ0v) is 28.9. The third-order valence-electron chi connectivity index (χ3n) is 10.7. The Kier molecular flexibility index (Phi) is 7.36. The van der Waals surface area contributed by atoms with Gasteiger partial charge in [0.2, 0.25) is 0 Å². The van der Waals surface area contributed by atoms with E-state index in [4.69, 9.17) is 4.98 Å². The van der Waals surface area contributed by atoms with Crippen LogP contribution >= 0.6 is 0 Å². The second kappa shape index (κ2) is 12.7. The Morgan fingerprint density at radius 2 is 0.811 bits per heavy atom. The Morgan fingerprint density at radius 3 is 1.40 bits per heavy atom. The molecule has 9 aromatic rings. The lowest BCUT2D eigenvalue weighted by molar-refractivity contribution is 0.769. The number of pyridine rings is 3. The van der Waals surface area contributed by atoms with Crippen LogP contribution in [0.2, 0.25) is 0 Å². The van der Waals surface area contributed by atoms with Gasteiger partial charge in [-0.05, 0) is 109 Å². The maximum atomic E-state index is 5.03. The minimum absolute atomic E-state index is 0.457. The molecule has 3 heteroatoms. The van der Waals surface area contributed by atoms with E-state index in [1.165, 1.54) is 55.3 Å². The van der Waals surface area contributed by atoms with Gasteiger partial charge in [-0.15, -0.1) is 0 Å². The highest BCUT2D eigenvalue weighted by atomic mass is 14.8. The quantitative estimate of drug-likeness (QED) is 0.176. The van der Waals surface area contributed by atoms with Crippen molar-refractivity contribution in [1.29, 1.82) is 0 Å². The molecule has 0 fully saturated rings. The second-order valence-corrected chi connectivity index (χ2v) is 13.6. The zero-order chi connectivity index (χ0) is 35.2. The van der Waals surface area contributed by atoms with Crippen LogP contribution in [-0.2, 0) is 5.41 Å². The first-order valence-electron chi connectivity index (χ1n) is 18.0. The van der Waals surface area contributed by atoms with Gasteiger partial charge in [-0.2, -0.15) is 0 Å². The summed E-state index contributed by atoms with van der Waals surface area (Å²) in [6.07, 6.45) is 3.63. The lowest BCUT2D eigenvalue weighted by Crippen LogP contribution is -2.28. The summed E-state index contributed by atoms with van der Waals surface area (Å²) in [5, 5.41) is 2.37. The highest BCUT2D eigenvalue weighted by Gasteiger charge is 2.46. The van der Waals surface area contributed by atoms with Crippen LogP contribution in [0, 0.1) is 0 Å². The monoisotopic (exact) mass is 675 g/mol. The van der Waals surface area contributed by atoms with E-state index in [1.54, 1.807) is 0 Å². The van der Waals surface area contributed by atoms with E-state index in [9.17, 15) is 0 Å². The van der Waals surface area contributed by atoms with Gasteiger partial charge >= 0.3 is 0 Å². The molecule has 0 bridgehead atoms. The number of aromatic nitrogens is 3. The van der Waals surface area contributed by atoms with E-state index in [-0.39, 0.29) is 0 Å². The van der Waals surface area contributed by atoms with Crippen molar-refractivity contribution in [1.82, 2.24) is 15.0 Å². The van der Waals surface area contributed by atoms with E-state index in [0.717, 1.165) is 33.9 Å². The molecule has 0 spiro atoms. The first-order valence-corrected chi connectivity index (χ1v) is 18.0. The van der Waals surface area contributed by atoms with Gasteiger partial charge in [0.1, 0.15) is 0 Å². The van der Waals surface area contributed by atoms with E-state index in [2.05, 4.69) is 162 Å². The number of benzene rings is 6. The molecule has 0 saturated heterocycles. The van der Waals surface area contributed by atoms with Crippen LogP contribution in [0.15, 0.2) is 200 Å². The van der Waals surface area contributed by atoms with Crippen LogP contribution in [-0.4, -0.2) is 15.0 Å². The highest BCUT2D eigenvalue weighted by Crippen LogP contribution is 2.57. The van der Waals surface area contributed by atoms with Gasteiger partial charge in [-0.3, -0.25) is 9.97 Å². The molecule has 0 radical (unpaired) electrons. The Balaban J connectivity index is 1.19. The van der Waals surface area contributed by atoms with Gasteiger partial charge in [0, 0.05) is 12.4 Å². The summed E-state index contributed by atoms with van der Waals surface area (Å²) in [4.78, 5) is 14.3. The molecule has 0 aliphatic heterocycles. The molecule has 0 unspecified atom stereocenters. The largest absolute Gasteiger partial charge is 0.255 e. The van der Waals surface area contributed by atoms with Crippen molar-refractivity contribution in [3.63, 3.8) is 0 Å². The zero-order valence-electron chi connectivity index (χ0n) is 28.9. The SMILES string of the molecule is c1ccc(C2(c3ccccc3)c3ccccc3-c3ccc(-c4ccc(-c5cc(-c6ccccn6)nc(-c6ccccn6)c5)c5ccccc45)cc32)cc1. The Labute approximate surface area is 309 Å². The summed E-state index contributed by atoms with van der Waals surface area (Å²) in [5.74, 6) is 0. The van der Waals surface area contributed by atoms with E-state index >= 15 is 0 Å². The third-order valence-corrected chi connectivity index (χ3v) is 10.7. The fraction of sp³-hybridized carbons (Fsp3) is 0.0200. The summed E-state index contributed by atoms with van der Waals surface area (Å²) in [5.41, 5.74) is 15.1. The van der Waals surface area contributed by atoms with Gasteiger partial charge in [0.05, 0.1) is 28.2 Å². The van der Waals surface area contributed by atoms with Crippen LogP contribution in [0.5, 0.6) is 0 Å². The maximum absolute atomic E-state index is 5.03. The van der Waals surface area contributed by atoms with Crippen molar-refractivity contribution in [3.8, 4) is 56.2 Å². The molecular formula is C50H33N3. The van der Waals surface area contributed by atoms with Gasteiger partial charge in [-0.1, -0.05) is 146 Å². The summed E-state index contributed by atoms with van der Waals surface area (Å²) in [6.45, 7) is 0. The molecule has 1 aliphatic rings. The molecule has 6 aromatic carbocycles. The average molecular weight is 676 g/mol. The molecule has 3 heterocycles. The summed E-state index contributed by atoms with van der Waals surface area (Å²) >= 11 is 0. The third kappa shape index (κ3) is 5.01. The average Bonchev–Trinajstić information content (AvgIpc) is 3.55. The Hall–Kier alpha value is -6.97. The molecular weight excluding hydrogens is 643 g/mol. The van der Waals surface area contributed by atoms with Gasteiger partial charge in [0.15, 0.2) is 0 Å². The first kappa shape index (κ1) is 30.8. The summed E-state index contributed by atoms with van der Waals surface area (Å²) in [6, 6.07) is 67.5. The number of fused-ring (bicyclic) bond motifs is 4. The van der Waals surface area contributed by atoms with Crippen LogP contribution in [0.1, 0.15) is 22.3 Å². The molecule has 248 valence electrons. The smallest absolute Gasteiger partial charge is 0.0900 e. The fourth-order valence-corrected chi connectivity index (χ4v) is 8.39. The Morgan fingerprint density at radius 1 is 0.321 bits per heavy atom. The van der Waals surface area contributed by atoms with Gasteiger partial charge in [0.25, 0.3) is 0 Å². The molecule has 3 nitrogen and oxygen atoms in total.